The summed E-state index contributed by atoms with van der Waals surface area (Å²) in [6.07, 6.45) is 0. The van der Waals surface area contributed by atoms with Gasteiger partial charge in [-0.2, -0.15) is 0 Å². The molecule has 2 rings (SSSR count). The van der Waals surface area contributed by atoms with E-state index in [9.17, 15) is 4.79 Å². The molecule has 1 fully saturated rings. The first-order chi connectivity index (χ1) is 8.56. The zero-order valence-corrected chi connectivity index (χ0v) is 11.3. The average molecular weight is 247 g/mol. The summed E-state index contributed by atoms with van der Waals surface area (Å²) in [5, 5.41) is 6.21. The predicted molar refractivity (Wildman–Crippen MR) is 73.8 cm³/mol. The molecule has 4 nitrogen and oxygen atoms in total. The van der Waals surface area contributed by atoms with E-state index in [0.29, 0.717) is 0 Å². The van der Waals surface area contributed by atoms with Crippen LogP contribution in [-0.4, -0.2) is 43.5 Å². The summed E-state index contributed by atoms with van der Waals surface area (Å²) in [6, 6.07) is 5.88. The molecule has 1 amide bonds. The number of carbonyl (C=O) groups is 1. The van der Waals surface area contributed by atoms with Crippen LogP contribution in [-0.2, 0) is 4.79 Å². The van der Waals surface area contributed by atoms with Gasteiger partial charge in [0.1, 0.15) is 0 Å². The maximum atomic E-state index is 12.1. The van der Waals surface area contributed by atoms with E-state index >= 15 is 0 Å². The van der Waals surface area contributed by atoms with Crippen molar-refractivity contribution in [2.75, 3.05) is 32.0 Å². The highest BCUT2D eigenvalue weighted by molar-refractivity contribution is 5.95. The van der Waals surface area contributed by atoms with Crippen molar-refractivity contribution in [1.82, 2.24) is 10.2 Å². The third-order valence-corrected chi connectivity index (χ3v) is 3.47. The minimum Gasteiger partial charge on any atom is -0.325 e. The zero-order chi connectivity index (χ0) is 13.1. The number of hydrogen-bond acceptors (Lipinski definition) is 3. The molecule has 1 unspecified atom stereocenters. The highest BCUT2D eigenvalue weighted by atomic mass is 16.2. The third kappa shape index (κ3) is 3.09. The van der Waals surface area contributed by atoms with E-state index in [2.05, 4.69) is 29.4 Å². The molecule has 1 aromatic carbocycles. The number of anilines is 1. The van der Waals surface area contributed by atoms with Crippen molar-refractivity contribution in [1.29, 1.82) is 0 Å². The fraction of sp³-hybridized carbons (Fsp3) is 0.500. The second-order valence-corrected chi connectivity index (χ2v) is 5.06. The minimum atomic E-state index is -0.120. The zero-order valence-electron chi connectivity index (χ0n) is 11.3. The van der Waals surface area contributed by atoms with Gasteiger partial charge in [0.05, 0.1) is 6.04 Å². The van der Waals surface area contributed by atoms with Gasteiger partial charge >= 0.3 is 0 Å². The van der Waals surface area contributed by atoms with Crippen LogP contribution in [0.15, 0.2) is 18.2 Å². The molecule has 1 aliphatic rings. The Labute approximate surface area is 108 Å². The monoisotopic (exact) mass is 247 g/mol. The van der Waals surface area contributed by atoms with Crippen molar-refractivity contribution in [3.05, 3.63) is 29.3 Å². The number of likely N-dealkylation sites (N-methyl/N-ethyl adjacent to an activating group) is 1. The number of amides is 1. The Balaban J connectivity index is 2.00. The fourth-order valence-electron chi connectivity index (χ4n) is 2.12. The number of nitrogens with zero attached hydrogens (tertiary/aromatic N) is 1. The van der Waals surface area contributed by atoms with E-state index in [0.717, 1.165) is 25.3 Å². The van der Waals surface area contributed by atoms with E-state index in [4.69, 9.17) is 0 Å². The minimum absolute atomic E-state index is 0.0461. The van der Waals surface area contributed by atoms with Crippen LogP contribution in [0.2, 0.25) is 0 Å². The van der Waals surface area contributed by atoms with Gasteiger partial charge in [0.15, 0.2) is 0 Å². The molecule has 1 aliphatic heterocycles. The molecule has 4 heteroatoms. The summed E-state index contributed by atoms with van der Waals surface area (Å²) in [5.74, 6) is 0.0461. The lowest BCUT2D eigenvalue weighted by atomic mass is 10.1. The predicted octanol–water partition coefficient (Wildman–Crippen LogP) is 1.15. The molecule has 2 N–H and O–H groups in total. The molecule has 0 bridgehead atoms. The number of nitrogens with one attached hydrogen (secondary N) is 2. The Kier molecular flexibility index (Phi) is 3.99. The van der Waals surface area contributed by atoms with Crippen LogP contribution >= 0.6 is 0 Å². The van der Waals surface area contributed by atoms with Crippen LogP contribution in [0, 0.1) is 13.8 Å². The second kappa shape index (κ2) is 5.50. The van der Waals surface area contributed by atoms with Gasteiger partial charge in [-0.1, -0.05) is 6.07 Å². The molecule has 1 heterocycles. The van der Waals surface area contributed by atoms with Crippen molar-refractivity contribution < 1.29 is 4.79 Å². The van der Waals surface area contributed by atoms with Crippen molar-refractivity contribution >= 4 is 11.6 Å². The Hall–Kier alpha value is -1.39. The van der Waals surface area contributed by atoms with E-state index in [1.807, 2.05) is 25.2 Å². The van der Waals surface area contributed by atoms with Crippen LogP contribution in [0.5, 0.6) is 0 Å². The summed E-state index contributed by atoms with van der Waals surface area (Å²) in [7, 11) is 2.04. The molecule has 18 heavy (non-hydrogen) atoms. The van der Waals surface area contributed by atoms with Crippen molar-refractivity contribution in [2.45, 2.75) is 19.9 Å². The van der Waals surface area contributed by atoms with Crippen LogP contribution in [0.25, 0.3) is 0 Å². The SMILES string of the molecule is Cc1ccc(NC(=O)C2CN(C)CCN2)cc1C. The van der Waals surface area contributed by atoms with Gasteiger partial charge in [-0.25, -0.2) is 0 Å². The van der Waals surface area contributed by atoms with Crippen LogP contribution in [0.3, 0.4) is 0 Å². The van der Waals surface area contributed by atoms with Crippen LogP contribution in [0.4, 0.5) is 5.69 Å². The van der Waals surface area contributed by atoms with Crippen molar-refractivity contribution in [2.24, 2.45) is 0 Å². The average Bonchev–Trinajstić information content (AvgIpc) is 2.34. The van der Waals surface area contributed by atoms with E-state index in [-0.39, 0.29) is 11.9 Å². The molecule has 0 radical (unpaired) electrons. The molecular weight excluding hydrogens is 226 g/mol. The van der Waals surface area contributed by atoms with Gasteiger partial charge in [0.25, 0.3) is 0 Å². The lowest BCUT2D eigenvalue weighted by Gasteiger charge is -2.29. The number of hydrogen-bond donors (Lipinski definition) is 2. The molecule has 0 saturated carbocycles. The molecule has 0 aliphatic carbocycles. The highest BCUT2D eigenvalue weighted by Gasteiger charge is 2.23. The number of aryl methyl sites for hydroxylation is 2. The quantitative estimate of drug-likeness (QED) is 0.824. The van der Waals surface area contributed by atoms with Gasteiger partial charge in [-0.05, 0) is 44.2 Å². The standard InChI is InChI=1S/C14H21N3O/c1-10-4-5-12(8-11(10)2)16-14(18)13-9-17(3)7-6-15-13/h4-5,8,13,15H,6-7,9H2,1-3H3,(H,16,18). The number of piperazine rings is 1. The Morgan fingerprint density at radius 3 is 2.83 bits per heavy atom. The number of carbonyl (C=O) groups excluding carboxylic acids is 1. The smallest absolute Gasteiger partial charge is 0.242 e. The van der Waals surface area contributed by atoms with Gasteiger partial charge in [0.2, 0.25) is 5.91 Å². The van der Waals surface area contributed by atoms with E-state index in [1.165, 1.54) is 11.1 Å². The summed E-state index contributed by atoms with van der Waals surface area (Å²) < 4.78 is 0. The lowest BCUT2D eigenvalue weighted by molar-refractivity contribution is -0.119. The normalized spacial score (nSPS) is 20.7. The first-order valence-electron chi connectivity index (χ1n) is 6.36. The van der Waals surface area contributed by atoms with Crippen LogP contribution in [0.1, 0.15) is 11.1 Å². The maximum Gasteiger partial charge on any atom is 0.242 e. The summed E-state index contributed by atoms with van der Waals surface area (Å²) >= 11 is 0. The highest BCUT2D eigenvalue weighted by Crippen LogP contribution is 2.14. The van der Waals surface area contributed by atoms with E-state index in [1.54, 1.807) is 0 Å². The number of rotatable bonds is 2. The van der Waals surface area contributed by atoms with Crippen molar-refractivity contribution in [3.63, 3.8) is 0 Å². The molecule has 1 saturated heterocycles. The number of benzene rings is 1. The molecule has 0 spiro atoms. The summed E-state index contributed by atoms with van der Waals surface area (Å²) in [4.78, 5) is 14.3. The van der Waals surface area contributed by atoms with Gasteiger partial charge in [0, 0.05) is 25.3 Å². The maximum absolute atomic E-state index is 12.1. The topological polar surface area (TPSA) is 44.4 Å². The van der Waals surface area contributed by atoms with Crippen LogP contribution < -0.4 is 10.6 Å². The summed E-state index contributed by atoms with van der Waals surface area (Å²) in [6.45, 7) is 6.74. The first kappa shape index (κ1) is 13.1. The summed E-state index contributed by atoms with van der Waals surface area (Å²) in [5.41, 5.74) is 3.31. The largest absolute Gasteiger partial charge is 0.325 e. The second-order valence-electron chi connectivity index (χ2n) is 5.06. The van der Waals surface area contributed by atoms with Crippen molar-refractivity contribution in [3.8, 4) is 0 Å². The molecule has 0 aromatic heterocycles. The molecule has 1 aromatic rings. The van der Waals surface area contributed by atoms with Gasteiger partial charge < -0.3 is 15.5 Å². The Morgan fingerprint density at radius 1 is 1.39 bits per heavy atom. The Morgan fingerprint density at radius 2 is 2.17 bits per heavy atom. The lowest BCUT2D eigenvalue weighted by Crippen LogP contribution is -2.54. The molecular formula is C14H21N3O. The third-order valence-electron chi connectivity index (χ3n) is 3.47. The first-order valence-corrected chi connectivity index (χ1v) is 6.36. The molecule has 1 atom stereocenters. The Bertz CT molecular complexity index is 445. The van der Waals surface area contributed by atoms with E-state index < -0.39 is 0 Å². The van der Waals surface area contributed by atoms with Gasteiger partial charge in [-0.3, -0.25) is 4.79 Å². The fourth-order valence-corrected chi connectivity index (χ4v) is 2.12. The van der Waals surface area contributed by atoms with Gasteiger partial charge in [-0.15, -0.1) is 0 Å². The molecule has 98 valence electrons.